The van der Waals surface area contributed by atoms with E-state index < -0.39 is 5.92 Å². The van der Waals surface area contributed by atoms with Crippen molar-refractivity contribution in [3.8, 4) is 0 Å². The maximum atomic E-state index is 12.2. The quantitative estimate of drug-likeness (QED) is 0.764. The number of hydrogen-bond acceptors (Lipinski definition) is 3. The molecule has 24 heavy (non-hydrogen) atoms. The zero-order valence-electron chi connectivity index (χ0n) is 13.8. The molecule has 2 N–H and O–H groups in total. The average molecular weight is 352 g/mol. The average Bonchev–Trinajstić information content (AvgIpc) is 2.93. The van der Waals surface area contributed by atoms with Crippen molar-refractivity contribution in [3.63, 3.8) is 0 Å². The summed E-state index contributed by atoms with van der Waals surface area (Å²) >= 11 is 5.95. The number of carbonyl (C=O) groups is 3. The number of benzene rings is 1. The summed E-state index contributed by atoms with van der Waals surface area (Å²) in [5, 5.41) is 6.05. The monoisotopic (exact) mass is 351 g/mol. The zero-order chi connectivity index (χ0) is 17.7. The van der Waals surface area contributed by atoms with Gasteiger partial charge in [0.15, 0.2) is 0 Å². The number of nitrogens with zero attached hydrogens (tertiary/aromatic N) is 1. The van der Waals surface area contributed by atoms with E-state index in [1.54, 1.807) is 29.2 Å². The Morgan fingerprint density at radius 3 is 2.67 bits per heavy atom. The van der Waals surface area contributed by atoms with Gasteiger partial charge in [-0.25, -0.2) is 0 Å². The summed E-state index contributed by atoms with van der Waals surface area (Å²) in [6, 6.07) is 7.02. The van der Waals surface area contributed by atoms with E-state index in [2.05, 4.69) is 10.6 Å². The van der Waals surface area contributed by atoms with Crippen molar-refractivity contribution in [2.45, 2.75) is 20.3 Å². The smallest absolute Gasteiger partial charge is 0.227 e. The standard InChI is InChI=1S/C17H22ClN3O3/c1-11(2)16(23)19-6-7-20-17(24)12-8-15(22)21(10-12)14-5-3-4-13(18)9-14/h3-5,9,11-12H,6-8,10H2,1-2H3,(H,19,23)(H,20,24)/t12-/m0/s1. The highest BCUT2D eigenvalue weighted by Gasteiger charge is 2.34. The third-order valence-corrected chi connectivity index (χ3v) is 4.10. The molecule has 0 aromatic heterocycles. The summed E-state index contributed by atoms with van der Waals surface area (Å²) in [6.45, 7) is 4.68. The maximum Gasteiger partial charge on any atom is 0.227 e. The van der Waals surface area contributed by atoms with Gasteiger partial charge in [-0.3, -0.25) is 14.4 Å². The Morgan fingerprint density at radius 1 is 1.29 bits per heavy atom. The van der Waals surface area contributed by atoms with Crippen LogP contribution in [-0.2, 0) is 14.4 Å². The topological polar surface area (TPSA) is 78.5 Å². The summed E-state index contributed by atoms with van der Waals surface area (Å²) < 4.78 is 0. The minimum Gasteiger partial charge on any atom is -0.354 e. The highest BCUT2D eigenvalue weighted by atomic mass is 35.5. The molecular formula is C17H22ClN3O3. The van der Waals surface area contributed by atoms with E-state index in [1.165, 1.54) is 0 Å². The predicted molar refractivity (Wildman–Crippen MR) is 92.8 cm³/mol. The minimum atomic E-state index is -0.391. The Hall–Kier alpha value is -2.08. The third kappa shape index (κ3) is 4.71. The Morgan fingerprint density at radius 2 is 2.00 bits per heavy atom. The van der Waals surface area contributed by atoms with Gasteiger partial charge in [-0.1, -0.05) is 31.5 Å². The first-order valence-corrected chi connectivity index (χ1v) is 8.37. The first kappa shape index (κ1) is 18.3. The van der Waals surface area contributed by atoms with Crippen molar-refractivity contribution in [1.29, 1.82) is 0 Å². The van der Waals surface area contributed by atoms with Crippen LogP contribution in [0, 0.1) is 11.8 Å². The van der Waals surface area contributed by atoms with Gasteiger partial charge < -0.3 is 15.5 Å². The Balaban J connectivity index is 1.82. The molecule has 3 amide bonds. The van der Waals surface area contributed by atoms with Crippen molar-refractivity contribution >= 4 is 35.0 Å². The van der Waals surface area contributed by atoms with Crippen LogP contribution in [0.5, 0.6) is 0 Å². The highest BCUT2D eigenvalue weighted by molar-refractivity contribution is 6.31. The Bertz CT molecular complexity index is 633. The molecule has 0 unspecified atom stereocenters. The molecular weight excluding hydrogens is 330 g/mol. The predicted octanol–water partition coefficient (Wildman–Crippen LogP) is 1.58. The second-order valence-electron chi connectivity index (χ2n) is 6.12. The van der Waals surface area contributed by atoms with Gasteiger partial charge in [0, 0.05) is 42.7 Å². The highest BCUT2D eigenvalue weighted by Crippen LogP contribution is 2.27. The second-order valence-corrected chi connectivity index (χ2v) is 6.56. The largest absolute Gasteiger partial charge is 0.354 e. The number of hydrogen-bond donors (Lipinski definition) is 2. The van der Waals surface area contributed by atoms with Crippen molar-refractivity contribution in [1.82, 2.24) is 10.6 Å². The van der Waals surface area contributed by atoms with Crippen molar-refractivity contribution in [2.24, 2.45) is 11.8 Å². The van der Waals surface area contributed by atoms with Gasteiger partial charge in [0.25, 0.3) is 0 Å². The van der Waals surface area contributed by atoms with Gasteiger partial charge in [0.05, 0.1) is 5.92 Å². The molecule has 2 rings (SSSR count). The summed E-state index contributed by atoms with van der Waals surface area (Å²) in [6.07, 6.45) is 0.177. The fourth-order valence-electron chi connectivity index (χ4n) is 2.50. The maximum absolute atomic E-state index is 12.2. The number of carbonyl (C=O) groups excluding carboxylic acids is 3. The van der Waals surface area contributed by atoms with E-state index in [4.69, 9.17) is 11.6 Å². The first-order chi connectivity index (χ1) is 11.4. The molecule has 1 atom stereocenters. The van der Waals surface area contributed by atoms with E-state index in [-0.39, 0.29) is 30.1 Å². The lowest BCUT2D eigenvalue weighted by atomic mass is 10.1. The molecule has 1 aliphatic rings. The van der Waals surface area contributed by atoms with Gasteiger partial charge in [0.2, 0.25) is 17.7 Å². The molecule has 0 saturated carbocycles. The molecule has 1 heterocycles. The molecule has 1 aliphatic heterocycles. The van der Waals surface area contributed by atoms with Crippen molar-refractivity contribution < 1.29 is 14.4 Å². The molecule has 1 aromatic carbocycles. The molecule has 0 spiro atoms. The summed E-state index contributed by atoms with van der Waals surface area (Å²) in [4.78, 5) is 37.3. The number of amides is 3. The van der Waals surface area contributed by atoms with Gasteiger partial charge in [-0.2, -0.15) is 0 Å². The van der Waals surface area contributed by atoms with Crippen LogP contribution >= 0.6 is 11.6 Å². The molecule has 0 aliphatic carbocycles. The molecule has 130 valence electrons. The van der Waals surface area contributed by atoms with Crippen molar-refractivity contribution in [2.75, 3.05) is 24.5 Å². The Kier molecular flexibility index (Phi) is 6.20. The molecule has 0 radical (unpaired) electrons. The van der Waals surface area contributed by atoms with Crippen LogP contribution in [0.25, 0.3) is 0 Å². The van der Waals surface area contributed by atoms with Gasteiger partial charge in [0.1, 0.15) is 0 Å². The van der Waals surface area contributed by atoms with Crippen LogP contribution in [0.1, 0.15) is 20.3 Å². The van der Waals surface area contributed by atoms with Crippen LogP contribution in [0.15, 0.2) is 24.3 Å². The van der Waals surface area contributed by atoms with Crippen LogP contribution in [-0.4, -0.2) is 37.4 Å². The van der Waals surface area contributed by atoms with Gasteiger partial charge in [-0.15, -0.1) is 0 Å². The molecule has 0 bridgehead atoms. The van der Waals surface area contributed by atoms with E-state index in [0.29, 0.717) is 30.3 Å². The molecule has 1 fully saturated rings. The van der Waals surface area contributed by atoms with Crippen LogP contribution in [0.3, 0.4) is 0 Å². The van der Waals surface area contributed by atoms with Gasteiger partial charge >= 0.3 is 0 Å². The molecule has 1 aromatic rings. The first-order valence-electron chi connectivity index (χ1n) is 8.00. The van der Waals surface area contributed by atoms with Crippen molar-refractivity contribution in [3.05, 3.63) is 29.3 Å². The second kappa shape index (κ2) is 8.15. The molecule has 6 nitrogen and oxygen atoms in total. The van der Waals surface area contributed by atoms with E-state index in [1.807, 2.05) is 13.8 Å². The third-order valence-electron chi connectivity index (χ3n) is 3.86. The number of nitrogens with one attached hydrogen (secondary N) is 2. The lowest BCUT2D eigenvalue weighted by Gasteiger charge is -2.17. The summed E-state index contributed by atoms with van der Waals surface area (Å²) in [5.41, 5.74) is 0.701. The Labute approximate surface area is 146 Å². The number of halogens is 1. The minimum absolute atomic E-state index is 0.0487. The fourth-order valence-corrected chi connectivity index (χ4v) is 2.68. The van der Waals surface area contributed by atoms with E-state index in [0.717, 1.165) is 0 Å². The summed E-state index contributed by atoms with van der Waals surface area (Å²) in [5.74, 6) is -0.790. The van der Waals surface area contributed by atoms with E-state index in [9.17, 15) is 14.4 Å². The van der Waals surface area contributed by atoms with Crippen LogP contribution < -0.4 is 15.5 Å². The molecule has 7 heteroatoms. The van der Waals surface area contributed by atoms with Crippen LogP contribution in [0.4, 0.5) is 5.69 Å². The lowest BCUT2D eigenvalue weighted by Crippen LogP contribution is -2.39. The molecule has 1 saturated heterocycles. The fraction of sp³-hybridized carbons (Fsp3) is 0.471. The SMILES string of the molecule is CC(C)C(=O)NCCNC(=O)[C@H]1CC(=O)N(c2cccc(Cl)c2)C1. The number of anilines is 1. The normalized spacial score (nSPS) is 17.2. The lowest BCUT2D eigenvalue weighted by molar-refractivity contribution is -0.126. The summed E-state index contributed by atoms with van der Waals surface area (Å²) in [7, 11) is 0. The van der Waals surface area contributed by atoms with Gasteiger partial charge in [-0.05, 0) is 18.2 Å². The number of rotatable bonds is 6. The van der Waals surface area contributed by atoms with Crippen LogP contribution in [0.2, 0.25) is 5.02 Å². The zero-order valence-corrected chi connectivity index (χ0v) is 14.6. The van der Waals surface area contributed by atoms with E-state index >= 15 is 0 Å².